The molecule has 0 amide bonds. The van der Waals surface area contributed by atoms with Crippen LogP contribution in [0.3, 0.4) is 0 Å². The van der Waals surface area contributed by atoms with Crippen LogP contribution in [0.5, 0.6) is 5.75 Å². The predicted molar refractivity (Wildman–Crippen MR) is 80.8 cm³/mol. The van der Waals surface area contributed by atoms with E-state index in [-0.39, 0.29) is 0 Å². The highest BCUT2D eigenvalue weighted by Gasteiger charge is 2.03. The quantitative estimate of drug-likeness (QED) is 0.574. The Hall–Kier alpha value is -0.870. The van der Waals surface area contributed by atoms with Gasteiger partial charge in [0, 0.05) is 22.0 Å². The predicted octanol–water partition coefficient (Wildman–Crippen LogP) is 4.54. The van der Waals surface area contributed by atoms with Crippen LogP contribution in [0.15, 0.2) is 30.5 Å². The fourth-order valence-electron chi connectivity index (χ4n) is 1.54. The van der Waals surface area contributed by atoms with Gasteiger partial charge in [-0.25, -0.2) is 4.98 Å². The van der Waals surface area contributed by atoms with E-state index < -0.39 is 0 Å². The van der Waals surface area contributed by atoms with Crippen molar-refractivity contribution in [3.63, 3.8) is 0 Å². The van der Waals surface area contributed by atoms with Gasteiger partial charge in [0.15, 0.2) is 0 Å². The van der Waals surface area contributed by atoms with Gasteiger partial charge in [-0.1, -0.05) is 22.9 Å². The first kappa shape index (κ1) is 13.6. The summed E-state index contributed by atoms with van der Waals surface area (Å²) < 4.78 is 5.62. The number of hydrogen-bond acceptors (Lipinski definition) is 3. The fraction of sp³-hybridized carbons (Fsp3) is 0.357. The molecular formula is C14H16BrNOS. The molecule has 0 N–H and O–H groups in total. The summed E-state index contributed by atoms with van der Waals surface area (Å²) in [6.07, 6.45) is 4.03. The van der Waals surface area contributed by atoms with Gasteiger partial charge in [-0.15, -0.1) is 11.3 Å². The van der Waals surface area contributed by atoms with Crippen LogP contribution >= 0.6 is 27.3 Å². The Bertz CT molecular complexity index is 481. The monoisotopic (exact) mass is 325 g/mol. The third-order valence-electron chi connectivity index (χ3n) is 2.55. The standard InChI is InChI=1S/C14H16BrNOS/c1-2-13-10-16-14(18-13)11-4-6-12(7-5-11)17-9-3-8-15/h4-7,10H,2-3,8-9H2,1H3. The zero-order valence-corrected chi connectivity index (χ0v) is 12.8. The highest BCUT2D eigenvalue weighted by molar-refractivity contribution is 9.09. The maximum Gasteiger partial charge on any atom is 0.123 e. The summed E-state index contributed by atoms with van der Waals surface area (Å²) in [6.45, 7) is 2.90. The smallest absolute Gasteiger partial charge is 0.123 e. The second-order valence-corrected chi connectivity index (χ2v) is 5.81. The maximum absolute atomic E-state index is 5.62. The number of alkyl halides is 1. The van der Waals surface area contributed by atoms with Crippen molar-refractivity contribution in [2.45, 2.75) is 19.8 Å². The number of hydrogen-bond donors (Lipinski definition) is 0. The van der Waals surface area contributed by atoms with Crippen molar-refractivity contribution in [1.82, 2.24) is 4.98 Å². The van der Waals surface area contributed by atoms with Gasteiger partial charge < -0.3 is 4.74 Å². The minimum Gasteiger partial charge on any atom is -0.494 e. The van der Waals surface area contributed by atoms with Crippen molar-refractivity contribution in [2.24, 2.45) is 0 Å². The molecule has 1 aromatic carbocycles. The summed E-state index contributed by atoms with van der Waals surface area (Å²) in [5, 5.41) is 2.06. The molecule has 1 aromatic heterocycles. The van der Waals surface area contributed by atoms with E-state index in [1.807, 2.05) is 18.3 Å². The van der Waals surface area contributed by atoms with E-state index in [0.29, 0.717) is 0 Å². The molecule has 0 radical (unpaired) electrons. The molecule has 0 fully saturated rings. The van der Waals surface area contributed by atoms with E-state index in [0.717, 1.165) is 41.1 Å². The summed E-state index contributed by atoms with van der Waals surface area (Å²) >= 11 is 5.14. The molecular weight excluding hydrogens is 310 g/mol. The summed E-state index contributed by atoms with van der Waals surface area (Å²) in [5.41, 5.74) is 1.16. The van der Waals surface area contributed by atoms with Crippen LogP contribution in [0.4, 0.5) is 0 Å². The lowest BCUT2D eigenvalue weighted by atomic mass is 10.2. The highest BCUT2D eigenvalue weighted by atomic mass is 79.9. The lowest BCUT2D eigenvalue weighted by Gasteiger charge is -2.05. The Labute approximate surface area is 120 Å². The summed E-state index contributed by atoms with van der Waals surface area (Å²) in [4.78, 5) is 5.76. The minimum atomic E-state index is 0.752. The second kappa shape index (κ2) is 6.90. The molecule has 0 bridgehead atoms. The van der Waals surface area contributed by atoms with Crippen LogP contribution in [0.2, 0.25) is 0 Å². The molecule has 0 aliphatic carbocycles. The Morgan fingerprint density at radius 2 is 2.06 bits per heavy atom. The minimum absolute atomic E-state index is 0.752. The fourth-order valence-corrected chi connectivity index (χ4v) is 2.63. The third kappa shape index (κ3) is 3.56. The van der Waals surface area contributed by atoms with Crippen molar-refractivity contribution in [2.75, 3.05) is 11.9 Å². The van der Waals surface area contributed by atoms with E-state index in [9.17, 15) is 0 Å². The molecule has 96 valence electrons. The number of benzene rings is 1. The van der Waals surface area contributed by atoms with E-state index in [4.69, 9.17) is 4.74 Å². The Morgan fingerprint density at radius 1 is 1.28 bits per heavy atom. The molecule has 0 saturated carbocycles. The molecule has 0 aliphatic heterocycles. The van der Waals surface area contributed by atoms with Crippen LogP contribution in [0.1, 0.15) is 18.2 Å². The normalized spacial score (nSPS) is 10.6. The van der Waals surface area contributed by atoms with Crippen LogP contribution in [-0.2, 0) is 6.42 Å². The van der Waals surface area contributed by atoms with Gasteiger partial charge >= 0.3 is 0 Å². The molecule has 0 unspecified atom stereocenters. The molecule has 1 heterocycles. The summed E-state index contributed by atoms with van der Waals surface area (Å²) in [5.74, 6) is 0.923. The van der Waals surface area contributed by atoms with E-state index in [2.05, 4.69) is 40.0 Å². The zero-order valence-electron chi connectivity index (χ0n) is 10.4. The van der Waals surface area contributed by atoms with Gasteiger partial charge in [-0.05, 0) is 37.1 Å². The molecule has 2 nitrogen and oxygen atoms in total. The zero-order chi connectivity index (χ0) is 12.8. The lowest BCUT2D eigenvalue weighted by Crippen LogP contribution is -1.97. The van der Waals surface area contributed by atoms with Gasteiger partial charge in [0.2, 0.25) is 0 Å². The number of aryl methyl sites for hydroxylation is 1. The van der Waals surface area contributed by atoms with Crippen molar-refractivity contribution in [3.05, 3.63) is 35.3 Å². The maximum atomic E-state index is 5.62. The molecule has 4 heteroatoms. The van der Waals surface area contributed by atoms with Gasteiger partial charge in [-0.3, -0.25) is 0 Å². The number of thiazole rings is 1. The average molecular weight is 326 g/mol. The van der Waals surface area contributed by atoms with E-state index in [1.54, 1.807) is 11.3 Å². The van der Waals surface area contributed by atoms with Crippen LogP contribution < -0.4 is 4.74 Å². The van der Waals surface area contributed by atoms with Crippen molar-refractivity contribution in [3.8, 4) is 16.3 Å². The second-order valence-electron chi connectivity index (χ2n) is 3.90. The first-order chi connectivity index (χ1) is 8.83. The lowest BCUT2D eigenvalue weighted by molar-refractivity contribution is 0.319. The third-order valence-corrected chi connectivity index (χ3v) is 4.30. The van der Waals surface area contributed by atoms with Crippen molar-refractivity contribution in [1.29, 1.82) is 0 Å². The number of aromatic nitrogens is 1. The van der Waals surface area contributed by atoms with Gasteiger partial charge in [-0.2, -0.15) is 0 Å². The average Bonchev–Trinajstić information content (AvgIpc) is 2.89. The van der Waals surface area contributed by atoms with Crippen molar-refractivity contribution >= 4 is 27.3 Å². The Kier molecular flexibility index (Phi) is 5.20. The van der Waals surface area contributed by atoms with Gasteiger partial charge in [0.25, 0.3) is 0 Å². The Balaban J connectivity index is 2.02. The topological polar surface area (TPSA) is 22.1 Å². The molecule has 0 saturated heterocycles. The summed E-state index contributed by atoms with van der Waals surface area (Å²) in [7, 11) is 0. The first-order valence-electron chi connectivity index (χ1n) is 6.07. The molecule has 0 atom stereocenters. The molecule has 2 rings (SSSR count). The summed E-state index contributed by atoms with van der Waals surface area (Å²) in [6, 6.07) is 8.16. The van der Waals surface area contributed by atoms with Crippen molar-refractivity contribution < 1.29 is 4.74 Å². The van der Waals surface area contributed by atoms with Gasteiger partial charge in [0.1, 0.15) is 10.8 Å². The highest BCUT2D eigenvalue weighted by Crippen LogP contribution is 2.27. The molecule has 18 heavy (non-hydrogen) atoms. The van der Waals surface area contributed by atoms with Crippen LogP contribution in [0, 0.1) is 0 Å². The van der Waals surface area contributed by atoms with E-state index in [1.165, 1.54) is 4.88 Å². The molecule has 2 aromatic rings. The largest absolute Gasteiger partial charge is 0.494 e. The number of nitrogens with zero attached hydrogens (tertiary/aromatic N) is 1. The van der Waals surface area contributed by atoms with Crippen LogP contribution in [-0.4, -0.2) is 16.9 Å². The molecule has 0 spiro atoms. The van der Waals surface area contributed by atoms with Crippen LogP contribution in [0.25, 0.3) is 10.6 Å². The molecule has 0 aliphatic rings. The SMILES string of the molecule is CCc1cnc(-c2ccc(OCCCBr)cc2)s1. The Morgan fingerprint density at radius 3 is 2.67 bits per heavy atom. The number of ether oxygens (including phenoxy) is 1. The van der Waals surface area contributed by atoms with Gasteiger partial charge in [0.05, 0.1) is 6.61 Å². The number of halogens is 1. The van der Waals surface area contributed by atoms with E-state index >= 15 is 0 Å². The first-order valence-corrected chi connectivity index (χ1v) is 8.01. The number of rotatable bonds is 6.